The lowest BCUT2D eigenvalue weighted by Crippen LogP contribution is -2.17. The summed E-state index contributed by atoms with van der Waals surface area (Å²) in [5.41, 5.74) is 8.32. The number of fused-ring (bicyclic) bond motifs is 1. The van der Waals surface area contributed by atoms with Crippen LogP contribution in [0.1, 0.15) is 38.3 Å². The van der Waals surface area contributed by atoms with Crippen molar-refractivity contribution in [3.8, 4) is 0 Å². The molecule has 0 aliphatic heterocycles. The number of nitrogens with two attached hydrogens (primary N) is 1. The number of aliphatic hydroxyl groups excluding tert-OH is 1. The molecule has 0 saturated carbocycles. The summed E-state index contributed by atoms with van der Waals surface area (Å²) < 4.78 is 2.09. The van der Waals surface area contributed by atoms with Crippen LogP contribution < -0.4 is 5.73 Å². The number of rotatable bonds is 2. The fraction of sp³-hybridized carbons (Fsp3) is 0.500. The fourth-order valence-electron chi connectivity index (χ4n) is 2.22. The Hall–Kier alpha value is -1.39. The van der Waals surface area contributed by atoms with Crippen LogP contribution in [0.15, 0.2) is 18.2 Å². The zero-order valence-corrected chi connectivity index (χ0v) is 11.4. The third kappa shape index (κ3) is 2.13. The van der Waals surface area contributed by atoms with Gasteiger partial charge in [0.05, 0.1) is 17.1 Å². The van der Waals surface area contributed by atoms with Crippen LogP contribution in [0.25, 0.3) is 11.0 Å². The van der Waals surface area contributed by atoms with E-state index in [4.69, 9.17) is 5.73 Å². The first-order valence-corrected chi connectivity index (χ1v) is 6.19. The Morgan fingerprint density at radius 2 is 2.06 bits per heavy atom. The van der Waals surface area contributed by atoms with Crippen LogP contribution in [0, 0.1) is 0 Å². The highest BCUT2D eigenvalue weighted by Gasteiger charge is 2.21. The molecule has 1 unspecified atom stereocenters. The lowest BCUT2D eigenvalue weighted by atomic mass is 9.96. The van der Waals surface area contributed by atoms with Crippen LogP contribution in [0.4, 0.5) is 0 Å². The molecule has 18 heavy (non-hydrogen) atoms. The summed E-state index contributed by atoms with van der Waals surface area (Å²) in [6.45, 7) is 6.66. The van der Waals surface area contributed by atoms with Gasteiger partial charge < -0.3 is 15.4 Å². The number of hydrogen-bond donors (Lipinski definition) is 2. The van der Waals surface area contributed by atoms with E-state index >= 15 is 0 Å². The highest BCUT2D eigenvalue weighted by Crippen LogP contribution is 2.27. The van der Waals surface area contributed by atoms with E-state index in [9.17, 15) is 5.11 Å². The van der Waals surface area contributed by atoms with Gasteiger partial charge in [-0.2, -0.15) is 0 Å². The first-order chi connectivity index (χ1) is 8.34. The van der Waals surface area contributed by atoms with E-state index in [1.54, 1.807) is 0 Å². The normalized spacial score (nSPS) is 14.1. The van der Waals surface area contributed by atoms with Gasteiger partial charge in [-0.05, 0) is 17.7 Å². The summed E-state index contributed by atoms with van der Waals surface area (Å²) in [5, 5.41) is 9.79. The molecule has 2 aromatic rings. The van der Waals surface area contributed by atoms with Crippen molar-refractivity contribution in [3.63, 3.8) is 0 Å². The number of aromatic nitrogens is 2. The molecule has 0 spiro atoms. The van der Waals surface area contributed by atoms with E-state index in [0.29, 0.717) is 0 Å². The van der Waals surface area contributed by atoms with E-state index in [0.717, 1.165) is 22.4 Å². The maximum atomic E-state index is 9.79. The Kier molecular flexibility index (Phi) is 3.17. The Balaban J connectivity index is 2.60. The Bertz CT molecular complexity index is 566. The fourth-order valence-corrected chi connectivity index (χ4v) is 2.22. The molecule has 1 atom stereocenters. The van der Waals surface area contributed by atoms with Gasteiger partial charge in [-0.15, -0.1) is 0 Å². The number of aryl methyl sites for hydroxylation is 1. The molecular weight excluding hydrogens is 226 g/mol. The van der Waals surface area contributed by atoms with E-state index < -0.39 is 6.10 Å². The average molecular weight is 247 g/mol. The molecule has 0 bridgehead atoms. The zero-order chi connectivity index (χ0) is 13.5. The van der Waals surface area contributed by atoms with Crippen molar-refractivity contribution in [1.82, 2.24) is 9.55 Å². The van der Waals surface area contributed by atoms with Crippen LogP contribution in [0.5, 0.6) is 0 Å². The molecule has 0 radical (unpaired) electrons. The molecule has 2 rings (SSSR count). The van der Waals surface area contributed by atoms with Gasteiger partial charge in [0.25, 0.3) is 0 Å². The van der Waals surface area contributed by atoms with Gasteiger partial charge in [-0.1, -0.05) is 26.8 Å². The molecule has 0 aliphatic rings. The molecule has 4 nitrogen and oxygen atoms in total. The first kappa shape index (κ1) is 13.1. The van der Waals surface area contributed by atoms with Gasteiger partial charge in [-0.3, -0.25) is 0 Å². The minimum absolute atomic E-state index is 0.000414. The number of imidazole rings is 1. The van der Waals surface area contributed by atoms with E-state index in [1.165, 1.54) is 0 Å². The highest BCUT2D eigenvalue weighted by molar-refractivity contribution is 5.77. The smallest absolute Gasteiger partial charge is 0.115 e. The van der Waals surface area contributed by atoms with Crippen LogP contribution in [-0.2, 0) is 12.5 Å². The van der Waals surface area contributed by atoms with Crippen LogP contribution >= 0.6 is 0 Å². The van der Waals surface area contributed by atoms with E-state index in [2.05, 4.69) is 30.3 Å². The SMILES string of the molecule is Cn1c(C(C)(C)C)nc2ccc(C(O)CN)cc21. The van der Waals surface area contributed by atoms with Crippen molar-refractivity contribution < 1.29 is 5.11 Å². The Labute approximate surface area is 107 Å². The van der Waals surface area contributed by atoms with Crippen LogP contribution in [0.2, 0.25) is 0 Å². The average Bonchev–Trinajstić information content (AvgIpc) is 2.65. The standard InChI is InChI=1S/C14H21N3O/c1-14(2,3)13-16-10-6-5-9(12(18)8-15)7-11(10)17(13)4/h5-7,12,18H,8,15H2,1-4H3. The maximum Gasteiger partial charge on any atom is 0.115 e. The molecule has 0 aliphatic carbocycles. The summed E-state index contributed by atoms with van der Waals surface area (Å²) >= 11 is 0. The minimum atomic E-state index is -0.609. The van der Waals surface area contributed by atoms with Crippen LogP contribution in [0.3, 0.4) is 0 Å². The summed E-state index contributed by atoms with van der Waals surface area (Å²) in [5.74, 6) is 1.04. The van der Waals surface area contributed by atoms with Crippen molar-refractivity contribution >= 4 is 11.0 Å². The third-order valence-corrected chi connectivity index (χ3v) is 3.18. The van der Waals surface area contributed by atoms with E-state index in [1.807, 2.05) is 25.2 Å². The zero-order valence-electron chi connectivity index (χ0n) is 11.4. The summed E-state index contributed by atoms with van der Waals surface area (Å²) in [7, 11) is 2.01. The van der Waals surface area contributed by atoms with Crippen molar-refractivity contribution in [2.45, 2.75) is 32.3 Å². The van der Waals surface area contributed by atoms with Crippen molar-refractivity contribution in [3.05, 3.63) is 29.6 Å². The molecule has 98 valence electrons. The number of hydrogen-bond acceptors (Lipinski definition) is 3. The van der Waals surface area contributed by atoms with Gasteiger partial charge in [0.15, 0.2) is 0 Å². The number of nitrogens with zero attached hydrogens (tertiary/aromatic N) is 2. The molecule has 0 fully saturated rings. The van der Waals surface area contributed by atoms with Crippen molar-refractivity contribution in [2.75, 3.05) is 6.54 Å². The predicted octanol–water partition coefficient (Wildman–Crippen LogP) is 1.86. The van der Waals surface area contributed by atoms with Gasteiger partial charge in [0.2, 0.25) is 0 Å². The molecule has 0 amide bonds. The maximum absolute atomic E-state index is 9.79. The second-order valence-electron chi connectivity index (χ2n) is 5.74. The van der Waals surface area contributed by atoms with Gasteiger partial charge in [0, 0.05) is 19.0 Å². The third-order valence-electron chi connectivity index (χ3n) is 3.18. The molecule has 1 aromatic heterocycles. The second kappa shape index (κ2) is 4.37. The van der Waals surface area contributed by atoms with Crippen molar-refractivity contribution in [2.24, 2.45) is 12.8 Å². The van der Waals surface area contributed by atoms with Gasteiger partial charge >= 0.3 is 0 Å². The van der Waals surface area contributed by atoms with Crippen molar-refractivity contribution in [1.29, 1.82) is 0 Å². The molecule has 1 aromatic carbocycles. The molecule has 0 saturated heterocycles. The highest BCUT2D eigenvalue weighted by atomic mass is 16.3. The molecule has 3 N–H and O–H groups in total. The monoisotopic (exact) mass is 247 g/mol. The minimum Gasteiger partial charge on any atom is -0.387 e. The predicted molar refractivity (Wildman–Crippen MR) is 73.4 cm³/mol. The van der Waals surface area contributed by atoms with Crippen LogP contribution in [-0.4, -0.2) is 21.2 Å². The lowest BCUT2D eigenvalue weighted by Gasteiger charge is -2.17. The Morgan fingerprint density at radius 3 is 2.61 bits per heavy atom. The molecule has 4 heteroatoms. The summed E-state index contributed by atoms with van der Waals surface area (Å²) in [6, 6.07) is 5.80. The molecule has 1 heterocycles. The largest absolute Gasteiger partial charge is 0.387 e. The number of aliphatic hydroxyl groups is 1. The number of benzene rings is 1. The lowest BCUT2D eigenvalue weighted by molar-refractivity contribution is 0.187. The van der Waals surface area contributed by atoms with E-state index in [-0.39, 0.29) is 12.0 Å². The molecular formula is C14H21N3O. The summed E-state index contributed by atoms with van der Waals surface area (Å²) in [6.07, 6.45) is -0.609. The quantitative estimate of drug-likeness (QED) is 0.851. The van der Waals surface area contributed by atoms with Gasteiger partial charge in [0.1, 0.15) is 5.82 Å². The first-order valence-electron chi connectivity index (χ1n) is 6.19. The van der Waals surface area contributed by atoms with Gasteiger partial charge in [-0.25, -0.2) is 4.98 Å². The Morgan fingerprint density at radius 1 is 1.39 bits per heavy atom. The second-order valence-corrected chi connectivity index (χ2v) is 5.74. The summed E-state index contributed by atoms with van der Waals surface area (Å²) in [4.78, 5) is 4.66. The topological polar surface area (TPSA) is 64.1 Å².